The van der Waals surface area contributed by atoms with Crippen LogP contribution in [0.1, 0.15) is 17.3 Å². The number of carbonyl (C=O) groups excluding carboxylic acids is 1. The SMILES string of the molecule is CCN(C(=O)c1cc([N+](=O)[O-])cc([N+](=O)[O-])c1)N(CCCl)CCCl. The van der Waals surface area contributed by atoms with Gasteiger partial charge in [0.2, 0.25) is 0 Å². The van der Waals surface area contributed by atoms with Crippen molar-refractivity contribution < 1.29 is 14.6 Å². The predicted molar refractivity (Wildman–Crippen MR) is 89.5 cm³/mol. The van der Waals surface area contributed by atoms with E-state index in [-0.39, 0.29) is 23.9 Å². The number of halogens is 2. The van der Waals surface area contributed by atoms with E-state index in [1.54, 1.807) is 11.9 Å². The number of hydrogen-bond donors (Lipinski definition) is 0. The molecular weight excluding hydrogens is 363 g/mol. The Morgan fingerprint density at radius 1 is 1.04 bits per heavy atom. The highest BCUT2D eigenvalue weighted by atomic mass is 35.5. The van der Waals surface area contributed by atoms with E-state index in [0.29, 0.717) is 13.1 Å². The van der Waals surface area contributed by atoms with Gasteiger partial charge >= 0.3 is 0 Å². The minimum atomic E-state index is -0.782. The molecule has 0 radical (unpaired) electrons. The van der Waals surface area contributed by atoms with E-state index in [1.807, 2.05) is 0 Å². The summed E-state index contributed by atoms with van der Waals surface area (Å²) in [7, 11) is 0. The maximum atomic E-state index is 12.7. The molecule has 0 saturated heterocycles. The van der Waals surface area contributed by atoms with E-state index < -0.39 is 27.1 Å². The van der Waals surface area contributed by atoms with Crippen molar-refractivity contribution in [3.8, 4) is 0 Å². The second-order valence-corrected chi connectivity index (χ2v) is 5.36. The van der Waals surface area contributed by atoms with E-state index in [2.05, 4.69) is 0 Å². The van der Waals surface area contributed by atoms with E-state index in [4.69, 9.17) is 23.2 Å². The maximum absolute atomic E-state index is 12.7. The number of amides is 1. The summed E-state index contributed by atoms with van der Waals surface area (Å²) in [6.07, 6.45) is 0. The molecule has 0 N–H and O–H groups in total. The van der Waals surface area contributed by atoms with Gasteiger partial charge in [-0.05, 0) is 6.92 Å². The first-order valence-electron chi connectivity index (χ1n) is 6.98. The number of nitro groups is 2. The first-order chi connectivity index (χ1) is 11.3. The van der Waals surface area contributed by atoms with Crippen LogP contribution < -0.4 is 0 Å². The number of alkyl halides is 2. The van der Waals surface area contributed by atoms with E-state index >= 15 is 0 Å². The molecule has 0 fully saturated rings. The Bertz CT molecular complexity index is 590. The summed E-state index contributed by atoms with van der Waals surface area (Å²) in [5.74, 6) is -0.106. The van der Waals surface area contributed by atoms with Crippen molar-refractivity contribution in [2.75, 3.05) is 31.4 Å². The topological polar surface area (TPSA) is 110 Å². The van der Waals surface area contributed by atoms with Gasteiger partial charge in [-0.1, -0.05) is 0 Å². The molecule has 0 bridgehead atoms. The summed E-state index contributed by atoms with van der Waals surface area (Å²) < 4.78 is 0. The van der Waals surface area contributed by atoms with Crippen LogP contribution in [0.2, 0.25) is 0 Å². The normalized spacial score (nSPS) is 10.7. The highest BCUT2D eigenvalue weighted by Crippen LogP contribution is 2.24. The average Bonchev–Trinajstić information content (AvgIpc) is 2.55. The monoisotopic (exact) mass is 378 g/mol. The van der Waals surface area contributed by atoms with Crippen molar-refractivity contribution >= 4 is 40.5 Å². The van der Waals surface area contributed by atoms with Gasteiger partial charge in [0.15, 0.2) is 0 Å². The van der Waals surface area contributed by atoms with Gasteiger partial charge in [0.05, 0.1) is 21.5 Å². The molecule has 1 rings (SSSR count). The molecule has 0 aliphatic carbocycles. The fourth-order valence-electron chi connectivity index (χ4n) is 2.10. The van der Waals surface area contributed by atoms with Gasteiger partial charge in [0, 0.05) is 43.5 Å². The lowest BCUT2D eigenvalue weighted by molar-refractivity contribution is -0.394. The first kappa shape index (κ1) is 20.1. The molecule has 24 heavy (non-hydrogen) atoms. The van der Waals surface area contributed by atoms with Crippen molar-refractivity contribution in [2.45, 2.75) is 6.92 Å². The van der Waals surface area contributed by atoms with E-state index in [0.717, 1.165) is 18.2 Å². The zero-order valence-electron chi connectivity index (χ0n) is 12.9. The fraction of sp³-hybridized carbons (Fsp3) is 0.462. The molecule has 0 unspecified atom stereocenters. The molecule has 0 atom stereocenters. The van der Waals surface area contributed by atoms with Crippen LogP contribution in [0.4, 0.5) is 11.4 Å². The second-order valence-electron chi connectivity index (χ2n) is 4.60. The molecule has 0 aromatic heterocycles. The molecule has 132 valence electrons. The van der Waals surface area contributed by atoms with Crippen molar-refractivity contribution in [1.29, 1.82) is 0 Å². The van der Waals surface area contributed by atoms with Crippen LogP contribution in [0.25, 0.3) is 0 Å². The Morgan fingerprint density at radius 2 is 1.50 bits per heavy atom. The highest BCUT2D eigenvalue weighted by Gasteiger charge is 2.25. The molecule has 0 heterocycles. The maximum Gasteiger partial charge on any atom is 0.277 e. The number of benzene rings is 1. The molecule has 1 aromatic rings. The van der Waals surface area contributed by atoms with Crippen molar-refractivity contribution in [2.24, 2.45) is 0 Å². The molecule has 0 aliphatic rings. The summed E-state index contributed by atoms with van der Waals surface area (Å²) in [6.45, 7) is 2.64. The first-order valence-corrected chi connectivity index (χ1v) is 8.05. The van der Waals surface area contributed by atoms with Gasteiger partial charge in [0.25, 0.3) is 17.3 Å². The standard InChI is InChI=1S/C13H16Cl2N4O5/c1-2-17(16(5-3-14)6-4-15)13(20)10-7-11(18(21)22)9-12(8-10)19(23)24/h7-9H,2-6H2,1H3. The Labute approximate surface area is 148 Å². The van der Waals surface area contributed by atoms with Crippen molar-refractivity contribution in [3.05, 3.63) is 44.0 Å². The number of nitro benzene ring substituents is 2. The Kier molecular flexibility index (Phi) is 7.83. The number of non-ortho nitro benzene ring substituents is 2. The van der Waals surface area contributed by atoms with Crippen molar-refractivity contribution in [1.82, 2.24) is 10.0 Å². The molecule has 0 spiro atoms. The molecule has 0 saturated carbocycles. The van der Waals surface area contributed by atoms with Crippen molar-refractivity contribution in [3.63, 3.8) is 0 Å². The lowest BCUT2D eigenvalue weighted by atomic mass is 10.1. The van der Waals surface area contributed by atoms with Gasteiger partial charge < -0.3 is 0 Å². The second kappa shape index (κ2) is 9.36. The quantitative estimate of drug-likeness (QED) is 0.371. The zero-order valence-corrected chi connectivity index (χ0v) is 14.4. The summed E-state index contributed by atoms with van der Waals surface area (Å²) in [6, 6.07) is 2.83. The Morgan fingerprint density at radius 3 is 1.83 bits per heavy atom. The summed E-state index contributed by atoms with van der Waals surface area (Å²) in [4.78, 5) is 33.0. The third-order valence-corrected chi connectivity index (χ3v) is 3.47. The van der Waals surface area contributed by atoms with Gasteiger partial charge in [-0.2, -0.15) is 0 Å². The lowest BCUT2D eigenvalue weighted by Crippen LogP contribution is -2.48. The minimum Gasteiger partial charge on any atom is -0.271 e. The number of rotatable bonds is 9. The molecule has 9 nitrogen and oxygen atoms in total. The van der Waals surface area contributed by atoms with Crippen LogP contribution in [-0.4, -0.2) is 57.2 Å². The van der Waals surface area contributed by atoms with Crippen LogP contribution in [0.3, 0.4) is 0 Å². The van der Waals surface area contributed by atoms with Crippen LogP contribution in [0.5, 0.6) is 0 Å². The zero-order chi connectivity index (χ0) is 18.3. The summed E-state index contributed by atoms with van der Waals surface area (Å²) >= 11 is 11.4. The number of hydrogen-bond acceptors (Lipinski definition) is 6. The van der Waals surface area contributed by atoms with E-state index in [1.165, 1.54) is 5.01 Å². The number of carbonyl (C=O) groups is 1. The van der Waals surface area contributed by atoms with E-state index in [9.17, 15) is 25.0 Å². The Balaban J connectivity index is 3.27. The van der Waals surface area contributed by atoms with Crippen LogP contribution in [0, 0.1) is 20.2 Å². The summed E-state index contributed by atoms with van der Waals surface area (Å²) in [5.41, 5.74) is -1.19. The molecule has 1 amide bonds. The fourth-order valence-corrected chi connectivity index (χ4v) is 2.49. The highest BCUT2D eigenvalue weighted by molar-refractivity contribution is 6.18. The van der Waals surface area contributed by atoms with Gasteiger partial charge in [0.1, 0.15) is 0 Å². The van der Waals surface area contributed by atoms with Crippen LogP contribution in [-0.2, 0) is 0 Å². The largest absolute Gasteiger partial charge is 0.277 e. The van der Waals surface area contributed by atoms with Gasteiger partial charge in [-0.3, -0.25) is 30.0 Å². The van der Waals surface area contributed by atoms with Gasteiger partial charge in [-0.15, -0.1) is 23.2 Å². The third kappa shape index (κ3) is 5.02. The minimum absolute atomic E-state index is 0.146. The van der Waals surface area contributed by atoms with Gasteiger partial charge in [-0.25, -0.2) is 5.01 Å². The predicted octanol–water partition coefficient (Wildman–Crippen LogP) is 2.66. The third-order valence-electron chi connectivity index (χ3n) is 3.13. The smallest absolute Gasteiger partial charge is 0.271 e. The average molecular weight is 379 g/mol. The summed E-state index contributed by atoms with van der Waals surface area (Å²) in [5, 5.41) is 24.8. The molecular formula is C13H16Cl2N4O5. The van der Waals surface area contributed by atoms with Crippen LogP contribution >= 0.6 is 23.2 Å². The number of nitrogens with zero attached hydrogens (tertiary/aromatic N) is 4. The molecule has 11 heteroatoms. The molecule has 0 aliphatic heterocycles. The molecule has 1 aromatic carbocycles. The number of hydrazine groups is 1. The lowest BCUT2D eigenvalue weighted by Gasteiger charge is -2.33. The van der Waals surface area contributed by atoms with Crippen LogP contribution in [0.15, 0.2) is 18.2 Å². The Hall–Kier alpha value is -1.97.